The van der Waals surface area contributed by atoms with E-state index in [2.05, 4.69) is 10.6 Å². The molecule has 2 saturated heterocycles. The number of amides is 2. The van der Waals surface area contributed by atoms with Gasteiger partial charge in [-0.25, -0.2) is 0 Å². The second-order valence-corrected chi connectivity index (χ2v) is 18.2. The zero-order valence-electron chi connectivity index (χ0n) is 34.5. The summed E-state index contributed by atoms with van der Waals surface area (Å²) in [5.41, 5.74) is 3.94. The van der Waals surface area contributed by atoms with Crippen LogP contribution in [0, 0.1) is 46.3 Å². The number of aliphatic imine (C=N–C) groups is 3. The average molecular weight is 867 g/mol. The molecule has 6 aliphatic heterocycles. The smallest absolute Gasteiger partial charge is 0.304 e. The van der Waals surface area contributed by atoms with Crippen LogP contribution < -0.4 is 16.4 Å². The summed E-state index contributed by atoms with van der Waals surface area (Å²) in [4.78, 5) is 115. The van der Waals surface area contributed by atoms with Crippen LogP contribution in [-0.4, -0.2) is 113 Å². The largest absolute Gasteiger partial charge is 0.481 e. The molecule has 62 heavy (non-hydrogen) atoms. The Morgan fingerprint density at radius 2 is 1.31 bits per heavy atom. The summed E-state index contributed by atoms with van der Waals surface area (Å²) in [7, 11) is 0. The first-order valence-corrected chi connectivity index (χ1v) is 20.9. The van der Waals surface area contributed by atoms with Gasteiger partial charge in [0.2, 0.25) is 11.8 Å². The lowest BCUT2D eigenvalue weighted by atomic mass is 9.63. The number of carbonyl (C=O) groups is 8. The van der Waals surface area contributed by atoms with E-state index >= 15 is 0 Å². The summed E-state index contributed by atoms with van der Waals surface area (Å²) >= 11 is 0. The number of rotatable bonds is 18. The minimum absolute atomic E-state index is 0.0225. The van der Waals surface area contributed by atoms with Crippen molar-refractivity contribution < 1.29 is 69.0 Å². The van der Waals surface area contributed by atoms with Crippen LogP contribution in [0.15, 0.2) is 38.5 Å². The van der Waals surface area contributed by atoms with E-state index in [0.29, 0.717) is 11.4 Å². The maximum Gasteiger partial charge on any atom is 0.304 e. The van der Waals surface area contributed by atoms with Crippen molar-refractivity contribution in [2.45, 2.75) is 121 Å². The minimum atomic E-state index is -1.34. The molecule has 0 saturated carbocycles. The normalized spacial score (nSPS) is 35.3. The monoisotopic (exact) mass is 866 g/mol. The Morgan fingerprint density at radius 3 is 1.90 bits per heavy atom. The highest BCUT2D eigenvalue weighted by Gasteiger charge is 2.66. The number of carboxylic acid groups (broad SMARTS) is 6. The second-order valence-electron chi connectivity index (χ2n) is 18.2. The topological polar surface area (TPSA) is 345 Å². The number of fused-ring (bicyclic) bond motifs is 4. The van der Waals surface area contributed by atoms with Crippen LogP contribution in [0.25, 0.3) is 0 Å². The minimum Gasteiger partial charge on any atom is -0.481 e. The van der Waals surface area contributed by atoms with E-state index in [1.165, 1.54) is 0 Å². The summed E-state index contributed by atoms with van der Waals surface area (Å²) in [6.45, 7) is 3.59. The van der Waals surface area contributed by atoms with Crippen LogP contribution in [0.1, 0.15) is 104 Å². The molecule has 6 rings (SSSR count). The molecule has 0 aromatic carbocycles. The van der Waals surface area contributed by atoms with Crippen molar-refractivity contribution in [3.8, 4) is 0 Å². The maximum atomic E-state index is 13.6. The van der Waals surface area contributed by atoms with Crippen LogP contribution in [0.2, 0.25) is 0 Å². The molecule has 2 amide bonds. The Balaban J connectivity index is 1.64. The molecule has 0 unspecified atom stereocenters. The Kier molecular flexibility index (Phi) is 12.8. The number of hydrogen-bond donors (Lipinski definition) is 9. The molecular formula is C42H54N6O14. The number of carbonyl (C=O) groups excluding carboxylic acids is 2. The highest BCUT2D eigenvalue weighted by molar-refractivity contribution is 6.05. The predicted octanol–water partition coefficient (Wildman–Crippen LogP) is 2.46. The number of nitrogens with zero attached hydrogens (tertiary/aromatic N) is 3. The van der Waals surface area contributed by atoms with Crippen molar-refractivity contribution in [1.29, 1.82) is 0 Å². The van der Waals surface area contributed by atoms with Crippen molar-refractivity contribution in [3.05, 3.63) is 23.5 Å². The molecule has 0 radical (unpaired) electrons. The van der Waals surface area contributed by atoms with E-state index in [1.807, 2.05) is 6.92 Å². The molecular weight excluding hydrogens is 812 g/mol. The molecule has 8 bridgehead atoms. The van der Waals surface area contributed by atoms with Gasteiger partial charge in [0.1, 0.15) is 5.66 Å². The third-order valence-electron chi connectivity index (χ3n) is 14.3. The number of hydrogen-bond acceptors (Lipinski definition) is 12. The molecule has 6 heterocycles. The third-order valence-corrected chi connectivity index (χ3v) is 14.3. The third kappa shape index (κ3) is 8.99. The van der Waals surface area contributed by atoms with E-state index < -0.39 is 119 Å². The molecule has 10 N–H and O–H groups in total. The highest BCUT2D eigenvalue weighted by atomic mass is 16.4. The Labute approximate surface area is 355 Å². The quantitative estimate of drug-likeness (QED) is 0.0955. The van der Waals surface area contributed by atoms with Gasteiger partial charge in [0.05, 0.1) is 24.9 Å². The van der Waals surface area contributed by atoms with E-state index in [4.69, 9.17) is 20.7 Å². The van der Waals surface area contributed by atoms with Gasteiger partial charge in [-0.15, -0.1) is 0 Å². The van der Waals surface area contributed by atoms with Crippen LogP contribution in [-0.2, 0) is 38.4 Å². The summed E-state index contributed by atoms with van der Waals surface area (Å²) < 4.78 is 0. The molecule has 2 fully saturated rings. The standard InChI is InChI=1S/C42H54N6O14/c1-40(17-32(43)49)23(5-9-36(55)56)30-16-42-41(2,18-33(50)48-42)24(6-10-37(57)58)29(47-42)14-27-21(11-38(59)60)19(3-7-34(51)52)25(44-27)13-26-20(4-8-35(53)54)22(12-39(61)62)28(45-26)15-31(40)46-30/h13-14,19-24,28,30,47H,3-12,15-18H2,1-2H3,(H2,43,49)(H,48,50)(H,51,52)(H,53,54)(H,55,56)(H,57,58)(H,59,60)(H,61,62)/b25-13-,29-14?/t19-,20-,21-,22-,23+,24+,28+,30-,40-,41-,42-/m0/s1. The van der Waals surface area contributed by atoms with Gasteiger partial charge in [-0.1, -0.05) is 13.8 Å². The summed E-state index contributed by atoms with van der Waals surface area (Å²) in [6, 6.07) is -1.65. The number of nitrogens with one attached hydrogen (secondary N) is 2. The first-order valence-electron chi connectivity index (χ1n) is 20.9. The highest BCUT2D eigenvalue weighted by Crippen LogP contribution is 2.59. The molecule has 1 spiro atoms. The fraction of sp³-hybridized carbons (Fsp3) is 0.643. The van der Waals surface area contributed by atoms with E-state index in [1.54, 1.807) is 19.1 Å². The van der Waals surface area contributed by atoms with Crippen molar-refractivity contribution in [1.82, 2.24) is 10.6 Å². The first-order chi connectivity index (χ1) is 29.0. The van der Waals surface area contributed by atoms with Crippen LogP contribution in [0.5, 0.6) is 0 Å². The van der Waals surface area contributed by atoms with Gasteiger partial charge in [0, 0.05) is 120 Å². The van der Waals surface area contributed by atoms with Gasteiger partial charge < -0.3 is 47.0 Å². The lowest BCUT2D eigenvalue weighted by Crippen LogP contribution is -2.59. The van der Waals surface area contributed by atoms with E-state index in [-0.39, 0.29) is 100 Å². The summed E-state index contributed by atoms with van der Waals surface area (Å²) in [5, 5.41) is 66.4. The van der Waals surface area contributed by atoms with Gasteiger partial charge >= 0.3 is 35.8 Å². The van der Waals surface area contributed by atoms with Crippen LogP contribution in [0.4, 0.5) is 0 Å². The fourth-order valence-corrected chi connectivity index (χ4v) is 11.6. The molecule has 20 heteroatoms. The maximum absolute atomic E-state index is 13.6. The SMILES string of the molecule is C[C@@]12CC(=O)N[C@@]13C[C@@H]1N=C(C[C@H]4N=C(/C=C5\N=C(C=C(N3)[C@H]2CCC(=O)O)[C@@H](CC(=O)O)[C@@H]5CCC(=O)O)[C@@H](CCC(=O)O)[C@@H]4CC(=O)O)[C@@](C)(CC(N)=O)[C@@H]1CCC(=O)O. The van der Waals surface area contributed by atoms with Gasteiger partial charge in [0.15, 0.2) is 0 Å². The van der Waals surface area contributed by atoms with Gasteiger partial charge in [0.25, 0.3) is 0 Å². The molecule has 11 atom stereocenters. The second kappa shape index (κ2) is 17.4. The van der Waals surface area contributed by atoms with Crippen molar-refractivity contribution in [3.63, 3.8) is 0 Å². The fourth-order valence-electron chi connectivity index (χ4n) is 11.6. The summed E-state index contributed by atoms with van der Waals surface area (Å²) in [5.74, 6) is -12.6. The lowest BCUT2D eigenvalue weighted by molar-refractivity contribution is -0.139. The van der Waals surface area contributed by atoms with Crippen molar-refractivity contribution in [2.24, 2.45) is 67.0 Å². The lowest BCUT2D eigenvalue weighted by Gasteiger charge is -2.42. The Bertz CT molecular complexity index is 2110. The Hall–Kier alpha value is -5.95. The number of allylic oxidation sites excluding steroid dienone is 4. The predicted molar refractivity (Wildman–Crippen MR) is 217 cm³/mol. The van der Waals surface area contributed by atoms with Crippen molar-refractivity contribution >= 4 is 64.8 Å². The number of carboxylic acids is 6. The molecule has 0 aromatic rings. The number of aliphatic carboxylic acids is 6. The first kappa shape index (κ1) is 45.6. The van der Waals surface area contributed by atoms with Gasteiger partial charge in [-0.05, 0) is 43.8 Å². The summed E-state index contributed by atoms with van der Waals surface area (Å²) in [6.07, 6.45) is 0.542. The van der Waals surface area contributed by atoms with Crippen molar-refractivity contribution in [2.75, 3.05) is 0 Å². The van der Waals surface area contributed by atoms with Crippen LogP contribution >= 0.6 is 0 Å². The van der Waals surface area contributed by atoms with E-state index in [0.717, 1.165) is 0 Å². The van der Waals surface area contributed by atoms with Gasteiger partial charge in [-0.2, -0.15) is 0 Å². The number of primary amides is 1. The molecule has 0 aliphatic carbocycles. The molecule has 20 nitrogen and oxygen atoms in total. The molecule has 336 valence electrons. The Morgan fingerprint density at radius 1 is 0.710 bits per heavy atom. The molecule has 6 aliphatic rings. The van der Waals surface area contributed by atoms with Gasteiger partial charge in [-0.3, -0.25) is 53.3 Å². The van der Waals surface area contributed by atoms with E-state index in [9.17, 15) is 69.0 Å². The van der Waals surface area contributed by atoms with Crippen LogP contribution in [0.3, 0.4) is 0 Å². The average Bonchev–Trinajstić information content (AvgIpc) is 3.82. The number of nitrogens with two attached hydrogens (primary N) is 1. The molecule has 0 aromatic heterocycles. The zero-order chi connectivity index (χ0) is 45.5. The zero-order valence-corrected chi connectivity index (χ0v) is 34.5.